The average Bonchev–Trinajstić information content (AvgIpc) is 2.46. The van der Waals surface area contributed by atoms with Crippen LogP contribution in [0.25, 0.3) is 0 Å². The summed E-state index contributed by atoms with van der Waals surface area (Å²) in [6.45, 7) is 0. The molecule has 2 aliphatic carbocycles. The van der Waals surface area contributed by atoms with E-state index in [0.717, 1.165) is 0 Å². The van der Waals surface area contributed by atoms with Crippen LogP contribution in [0, 0.1) is 11.8 Å². The van der Waals surface area contributed by atoms with Gasteiger partial charge in [0.15, 0.2) is 0 Å². The number of carbonyl (C=O) groups excluding carboxylic acids is 2. The minimum Gasteiger partial charge on any atom is -0.380 e. The molecule has 0 N–H and O–H groups in total. The number of rotatable bonds is 1. The molecule has 0 heterocycles. The molecule has 3 nitrogen and oxygen atoms in total. The van der Waals surface area contributed by atoms with Gasteiger partial charge in [-0.15, -0.1) is 0 Å². The Balaban J connectivity index is 2.35. The molecule has 0 aromatic carbocycles. The second-order valence-electron chi connectivity index (χ2n) is 4.03. The van der Waals surface area contributed by atoms with Gasteiger partial charge in [0.05, 0.1) is 12.0 Å². The molecule has 1 saturated carbocycles. The van der Waals surface area contributed by atoms with E-state index < -0.39 is 0 Å². The first-order chi connectivity index (χ1) is 7.22. The van der Waals surface area contributed by atoms with Gasteiger partial charge in [-0.25, -0.2) is 0 Å². The van der Waals surface area contributed by atoms with Crippen molar-refractivity contribution >= 4 is 11.6 Å². The van der Waals surface area contributed by atoms with Crippen LogP contribution in [-0.4, -0.2) is 24.8 Å². The van der Waals surface area contributed by atoms with Gasteiger partial charge >= 0.3 is 0 Å². The lowest BCUT2D eigenvalue weighted by Crippen LogP contribution is -2.29. The topological polar surface area (TPSA) is 43.4 Å². The number of Topliss-reactive ketones (excluding diaryl/α,β-unsaturated/α-hetero) is 2. The highest BCUT2D eigenvalue weighted by Gasteiger charge is 2.37. The molecular formula is C12H14O3. The fourth-order valence-electron chi connectivity index (χ4n) is 2.20. The highest BCUT2D eigenvalue weighted by molar-refractivity contribution is 5.95. The van der Waals surface area contributed by atoms with Crippen LogP contribution < -0.4 is 0 Å². The molecule has 2 aliphatic rings. The van der Waals surface area contributed by atoms with Crippen molar-refractivity contribution in [3.8, 4) is 0 Å². The summed E-state index contributed by atoms with van der Waals surface area (Å²) in [5, 5.41) is 0. The first kappa shape index (κ1) is 10.3. The number of fused-ring (bicyclic) bond motifs is 2. The Hall–Kier alpha value is -1.22. The van der Waals surface area contributed by atoms with E-state index in [0.29, 0.717) is 12.8 Å². The van der Waals surface area contributed by atoms with E-state index in [2.05, 4.69) is 0 Å². The number of allylic oxidation sites excluding steroid dienone is 3. The van der Waals surface area contributed by atoms with Crippen molar-refractivity contribution < 1.29 is 14.3 Å². The van der Waals surface area contributed by atoms with Crippen LogP contribution in [0.2, 0.25) is 0 Å². The fraction of sp³-hybridized carbons (Fsp3) is 0.500. The molecule has 0 saturated heterocycles. The van der Waals surface area contributed by atoms with Crippen LogP contribution in [0.3, 0.4) is 0 Å². The smallest absolute Gasteiger partial charge is 0.149 e. The van der Waals surface area contributed by atoms with Gasteiger partial charge in [-0.1, -0.05) is 24.3 Å². The van der Waals surface area contributed by atoms with Gasteiger partial charge in [0.2, 0.25) is 0 Å². The molecule has 80 valence electrons. The maximum Gasteiger partial charge on any atom is 0.149 e. The second kappa shape index (κ2) is 4.11. The molecule has 2 bridgehead atoms. The summed E-state index contributed by atoms with van der Waals surface area (Å²) >= 11 is 0. The van der Waals surface area contributed by atoms with Crippen molar-refractivity contribution in [3.05, 3.63) is 24.3 Å². The number of ether oxygens (including phenoxy) is 1. The summed E-state index contributed by atoms with van der Waals surface area (Å²) in [6, 6.07) is 0. The second-order valence-corrected chi connectivity index (χ2v) is 4.03. The summed E-state index contributed by atoms with van der Waals surface area (Å²) < 4.78 is 5.23. The molecule has 3 atom stereocenters. The molecular weight excluding hydrogens is 192 g/mol. The number of ketones is 2. The van der Waals surface area contributed by atoms with Gasteiger partial charge in [-0.2, -0.15) is 0 Å². The van der Waals surface area contributed by atoms with Gasteiger partial charge < -0.3 is 4.74 Å². The minimum atomic E-state index is -0.286. The largest absolute Gasteiger partial charge is 0.380 e. The van der Waals surface area contributed by atoms with E-state index >= 15 is 0 Å². The van der Waals surface area contributed by atoms with Crippen molar-refractivity contribution in [3.63, 3.8) is 0 Å². The third-order valence-corrected chi connectivity index (χ3v) is 3.05. The van der Waals surface area contributed by atoms with Crippen molar-refractivity contribution in [2.45, 2.75) is 18.9 Å². The predicted octanol–water partition coefficient (Wildman–Crippen LogP) is 1.29. The molecule has 1 fully saturated rings. The summed E-state index contributed by atoms with van der Waals surface area (Å²) in [6.07, 6.45) is 7.75. The maximum absolute atomic E-state index is 12.0. The summed E-state index contributed by atoms with van der Waals surface area (Å²) in [4.78, 5) is 23.6. The standard InChI is InChI=1S/C12H14O3/c1-15-11-7-9(13)6-8-4-2-3-5-10(11)12(8)14/h2-5,8,10-11H,6-7H2,1H3. The van der Waals surface area contributed by atoms with Crippen LogP contribution in [0.1, 0.15) is 12.8 Å². The zero-order chi connectivity index (χ0) is 10.8. The summed E-state index contributed by atoms with van der Waals surface area (Å²) in [7, 11) is 1.55. The van der Waals surface area contributed by atoms with Crippen LogP contribution >= 0.6 is 0 Å². The monoisotopic (exact) mass is 206 g/mol. The van der Waals surface area contributed by atoms with E-state index in [1.807, 2.05) is 24.3 Å². The van der Waals surface area contributed by atoms with Crippen molar-refractivity contribution in [2.75, 3.05) is 7.11 Å². The predicted molar refractivity (Wildman–Crippen MR) is 55.3 cm³/mol. The van der Waals surface area contributed by atoms with E-state index in [4.69, 9.17) is 4.74 Å². The van der Waals surface area contributed by atoms with Crippen LogP contribution in [0.15, 0.2) is 24.3 Å². The normalized spacial score (nSPS) is 35.1. The van der Waals surface area contributed by atoms with Crippen LogP contribution in [0.4, 0.5) is 0 Å². The Labute approximate surface area is 88.8 Å². The molecule has 0 radical (unpaired) electrons. The van der Waals surface area contributed by atoms with Gasteiger partial charge in [0.1, 0.15) is 11.6 Å². The van der Waals surface area contributed by atoms with Gasteiger partial charge in [-0.05, 0) is 0 Å². The molecule has 2 rings (SSSR count). The zero-order valence-electron chi connectivity index (χ0n) is 8.68. The number of hydrogen-bond acceptors (Lipinski definition) is 3. The third kappa shape index (κ3) is 1.92. The molecule has 0 aromatic rings. The Kier molecular flexibility index (Phi) is 2.82. The highest BCUT2D eigenvalue weighted by Crippen LogP contribution is 2.28. The van der Waals surface area contributed by atoms with E-state index in [1.165, 1.54) is 0 Å². The van der Waals surface area contributed by atoms with Crippen LogP contribution in [0.5, 0.6) is 0 Å². The number of methoxy groups -OCH3 is 1. The van der Waals surface area contributed by atoms with Crippen LogP contribution in [-0.2, 0) is 14.3 Å². The Morgan fingerprint density at radius 2 is 1.93 bits per heavy atom. The van der Waals surface area contributed by atoms with E-state index in [9.17, 15) is 9.59 Å². The lowest BCUT2D eigenvalue weighted by atomic mass is 9.91. The molecule has 3 heteroatoms. The van der Waals surface area contributed by atoms with Crippen molar-refractivity contribution in [1.82, 2.24) is 0 Å². The molecule has 3 unspecified atom stereocenters. The van der Waals surface area contributed by atoms with Crippen molar-refractivity contribution in [1.29, 1.82) is 0 Å². The Bertz CT molecular complexity index is 341. The summed E-state index contributed by atoms with van der Waals surface area (Å²) in [5.41, 5.74) is 0. The first-order valence-corrected chi connectivity index (χ1v) is 5.15. The SMILES string of the molecule is COC1CC(=O)CC2C=CC=CC1C2=O. The molecule has 15 heavy (non-hydrogen) atoms. The highest BCUT2D eigenvalue weighted by atomic mass is 16.5. The zero-order valence-corrected chi connectivity index (χ0v) is 8.68. The van der Waals surface area contributed by atoms with Gasteiger partial charge in [-0.3, -0.25) is 9.59 Å². The van der Waals surface area contributed by atoms with Crippen molar-refractivity contribution in [2.24, 2.45) is 11.8 Å². The lowest BCUT2D eigenvalue weighted by molar-refractivity contribution is -0.127. The average molecular weight is 206 g/mol. The first-order valence-electron chi connectivity index (χ1n) is 5.15. The minimum absolute atomic E-state index is 0.109. The number of hydrogen-bond donors (Lipinski definition) is 0. The van der Waals surface area contributed by atoms with E-state index in [-0.39, 0.29) is 29.5 Å². The Morgan fingerprint density at radius 1 is 1.20 bits per heavy atom. The fourth-order valence-corrected chi connectivity index (χ4v) is 2.20. The molecule has 0 aliphatic heterocycles. The Morgan fingerprint density at radius 3 is 2.67 bits per heavy atom. The molecule has 0 aromatic heterocycles. The molecule has 0 spiro atoms. The van der Waals surface area contributed by atoms with Gasteiger partial charge in [0, 0.05) is 25.9 Å². The maximum atomic E-state index is 12.0. The van der Waals surface area contributed by atoms with E-state index in [1.54, 1.807) is 7.11 Å². The summed E-state index contributed by atoms with van der Waals surface area (Å²) in [5.74, 6) is -0.292. The third-order valence-electron chi connectivity index (χ3n) is 3.05. The lowest BCUT2D eigenvalue weighted by Gasteiger charge is -2.19. The quantitative estimate of drug-likeness (QED) is 0.649. The number of carbonyl (C=O) groups is 2. The molecule has 0 amide bonds. The van der Waals surface area contributed by atoms with Gasteiger partial charge in [0.25, 0.3) is 0 Å².